The first-order chi connectivity index (χ1) is 9.60. The van der Waals surface area contributed by atoms with Crippen molar-refractivity contribution in [2.45, 2.75) is 12.8 Å². The first kappa shape index (κ1) is 13.5. The maximum atomic E-state index is 13.7. The largest absolute Gasteiger partial charge is 0.280 e. The van der Waals surface area contributed by atoms with E-state index in [4.69, 9.17) is 11.6 Å². The lowest BCUT2D eigenvalue weighted by atomic mass is 10.3. The van der Waals surface area contributed by atoms with Crippen molar-refractivity contribution in [3.05, 3.63) is 52.1 Å². The maximum Gasteiger partial charge on any atom is 0.164 e. The fraction of sp³-hybridized carbons (Fsp3) is 0.143. The van der Waals surface area contributed by atoms with Crippen LogP contribution in [0.15, 0.2) is 34.9 Å². The van der Waals surface area contributed by atoms with Crippen LogP contribution in [0.3, 0.4) is 0 Å². The molecule has 3 rings (SSSR count). The van der Waals surface area contributed by atoms with E-state index in [-0.39, 0.29) is 11.7 Å². The molecular formula is C14H10BrClFN3. The van der Waals surface area contributed by atoms with Gasteiger partial charge in [-0.3, -0.25) is 4.57 Å². The highest BCUT2D eigenvalue weighted by Gasteiger charge is 2.14. The van der Waals surface area contributed by atoms with Crippen molar-refractivity contribution in [1.29, 1.82) is 0 Å². The van der Waals surface area contributed by atoms with Crippen molar-refractivity contribution in [1.82, 2.24) is 14.5 Å². The van der Waals surface area contributed by atoms with Crippen LogP contribution in [0.5, 0.6) is 0 Å². The molecule has 0 N–H and O–H groups in total. The lowest BCUT2D eigenvalue weighted by Crippen LogP contribution is -2.01. The molecule has 102 valence electrons. The lowest BCUT2D eigenvalue weighted by molar-refractivity contribution is 0.620. The molecule has 0 aliphatic heterocycles. The van der Waals surface area contributed by atoms with Crippen LogP contribution in [-0.4, -0.2) is 14.5 Å². The Bertz CT molecular complexity index is 800. The molecule has 0 bridgehead atoms. The van der Waals surface area contributed by atoms with Crippen LogP contribution in [0, 0.1) is 12.7 Å². The fourth-order valence-electron chi connectivity index (χ4n) is 2.10. The highest BCUT2D eigenvalue weighted by Crippen LogP contribution is 2.24. The summed E-state index contributed by atoms with van der Waals surface area (Å²) in [6.07, 6.45) is 1.76. The zero-order valence-electron chi connectivity index (χ0n) is 10.6. The molecule has 0 saturated carbocycles. The molecule has 0 amide bonds. The molecule has 20 heavy (non-hydrogen) atoms. The van der Waals surface area contributed by atoms with Crippen LogP contribution in [0.25, 0.3) is 16.9 Å². The van der Waals surface area contributed by atoms with Gasteiger partial charge in [-0.25, -0.2) is 14.4 Å². The second-order valence-corrected chi connectivity index (χ2v) is 5.57. The molecule has 0 radical (unpaired) electrons. The van der Waals surface area contributed by atoms with Crippen molar-refractivity contribution < 1.29 is 4.39 Å². The molecule has 3 nitrogen and oxygen atoms in total. The first-order valence-electron chi connectivity index (χ1n) is 5.95. The molecule has 2 heterocycles. The smallest absolute Gasteiger partial charge is 0.164 e. The summed E-state index contributed by atoms with van der Waals surface area (Å²) in [7, 11) is 0. The van der Waals surface area contributed by atoms with Crippen molar-refractivity contribution in [3.63, 3.8) is 0 Å². The number of hydrogen-bond donors (Lipinski definition) is 0. The summed E-state index contributed by atoms with van der Waals surface area (Å²) >= 11 is 9.10. The van der Waals surface area contributed by atoms with Gasteiger partial charge in [-0.15, -0.1) is 11.6 Å². The molecular weight excluding hydrogens is 345 g/mol. The number of alkyl halides is 1. The summed E-state index contributed by atoms with van der Waals surface area (Å²) in [5.74, 6) is 0.533. The standard InChI is InChI=1S/C14H10BrClFN3/c1-8-4-12-14(18-7-8)20(13(6-16)19-12)9-2-3-10(15)11(17)5-9/h2-5,7H,6H2,1H3. The topological polar surface area (TPSA) is 30.7 Å². The number of benzene rings is 1. The van der Waals surface area contributed by atoms with Crippen LogP contribution in [0.4, 0.5) is 4.39 Å². The zero-order valence-corrected chi connectivity index (χ0v) is 12.9. The van der Waals surface area contributed by atoms with Crippen molar-refractivity contribution in [2.24, 2.45) is 0 Å². The van der Waals surface area contributed by atoms with Gasteiger partial charge in [0.2, 0.25) is 0 Å². The van der Waals surface area contributed by atoms with Gasteiger partial charge >= 0.3 is 0 Å². The van der Waals surface area contributed by atoms with Gasteiger partial charge in [0.25, 0.3) is 0 Å². The van der Waals surface area contributed by atoms with Gasteiger partial charge in [0.1, 0.15) is 17.2 Å². The third-order valence-electron chi connectivity index (χ3n) is 2.98. The number of halogens is 3. The summed E-state index contributed by atoms with van der Waals surface area (Å²) in [5.41, 5.74) is 3.10. The van der Waals surface area contributed by atoms with E-state index < -0.39 is 0 Å². The maximum absolute atomic E-state index is 13.7. The van der Waals surface area contributed by atoms with E-state index in [1.807, 2.05) is 13.0 Å². The quantitative estimate of drug-likeness (QED) is 0.640. The van der Waals surface area contributed by atoms with Crippen LogP contribution in [0.1, 0.15) is 11.4 Å². The molecule has 6 heteroatoms. The normalized spacial score (nSPS) is 11.2. The van der Waals surface area contributed by atoms with Crippen LogP contribution in [0.2, 0.25) is 0 Å². The number of pyridine rings is 1. The van der Waals surface area contributed by atoms with Gasteiger partial charge in [-0.2, -0.15) is 0 Å². The summed E-state index contributed by atoms with van der Waals surface area (Å²) in [6, 6.07) is 6.82. The van der Waals surface area contributed by atoms with Gasteiger partial charge in [0.15, 0.2) is 5.65 Å². The highest BCUT2D eigenvalue weighted by atomic mass is 79.9. The number of rotatable bonds is 2. The lowest BCUT2D eigenvalue weighted by Gasteiger charge is -2.07. The Labute approximate surface area is 128 Å². The SMILES string of the molecule is Cc1cnc2c(c1)nc(CCl)n2-c1ccc(Br)c(F)c1. The minimum Gasteiger partial charge on any atom is -0.280 e. The number of nitrogens with zero attached hydrogens (tertiary/aromatic N) is 3. The molecule has 0 atom stereocenters. The summed E-state index contributed by atoms with van der Waals surface area (Å²) in [5, 5.41) is 0. The molecule has 0 aliphatic rings. The highest BCUT2D eigenvalue weighted by molar-refractivity contribution is 9.10. The predicted octanol–water partition coefficient (Wildman–Crippen LogP) is 4.37. The number of aryl methyl sites for hydroxylation is 1. The number of aromatic nitrogens is 3. The molecule has 3 aromatic rings. The molecule has 0 aliphatic carbocycles. The molecule has 0 spiro atoms. The first-order valence-corrected chi connectivity index (χ1v) is 7.28. The van der Waals surface area contributed by atoms with E-state index in [0.29, 0.717) is 21.6 Å². The number of hydrogen-bond acceptors (Lipinski definition) is 2. The fourth-order valence-corrected chi connectivity index (χ4v) is 2.52. The molecule has 0 fully saturated rings. The van der Waals surface area contributed by atoms with Crippen LogP contribution in [-0.2, 0) is 5.88 Å². The molecule has 2 aromatic heterocycles. The minimum atomic E-state index is -0.336. The Kier molecular flexibility index (Phi) is 3.48. The molecule has 0 saturated heterocycles. The van der Waals surface area contributed by atoms with E-state index in [0.717, 1.165) is 11.1 Å². The average Bonchev–Trinajstić information content (AvgIpc) is 2.79. The Morgan fingerprint density at radius 2 is 2.15 bits per heavy atom. The third-order valence-corrected chi connectivity index (χ3v) is 3.87. The number of imidazole rings is 1. The summed E-state index contributed by atoms with van der Waals surface area (Å²) in [4.78, 5) is 8.84. The van der Waals surface area contributed by atoms with Crippen LogP contribution >= 0.6 is 27.5 Å². The van der Waals surface area contributed by atoms with E-state index in [1.54, 1.807) is 22.9 Å². The van der Waals surface area contributed by atoms with Gasteiger partial charge in [-0.05, 0) is 52.7 Å². The Morgan fingerprint density at radius 1 is 1.35 bits per heavy atom. The Hall–Kier alpha value is -1.46. The minimum absolute atomic E-state index is 0.229. The van der Waals surface area contributed by atoms with Gasteiger partial charge in [0.05, 0.1) is 16.0 Å². The third kappa shape index (κ3) is 2.21. The van der Waals surface area contributed by atoms with Crippen molar-refractivity contribution in [2.75, 3.05) is 0 Å². The average molecular weight is 355 g/mol. The van der Waals surface area contributed by atoms with E-state index in [1.165, 1.54) is 6.07 Å². The Morgan fingerprint density at radius 3 is 2.85 bits per heavy atom. The van der Waals surface area contributed by atoms with Crippen molar-refractivity contribution in [3.8, 4) is 5.69 Å². The van der Waals surface area contributed by atoms with E-state index in [2.05, 4.69) is 25.9 Å². The summed E-state index contributed by atoms with van der Waals surface area (Å²) in [6.45, 7) is 1.95. The van der Waals surface area contributed by atoms with E-state index in [9.17, 15) is 4.39 Å². The van der Waals surface area contributed by atoms with Crippen LogP contribution < -0.4 is 0 Å². The Balaban J connectivity index is 2.30. The van der Waals surface area contributed by atoms with Gasteiger partial charge < -0.3 is 0 Å². The van der Waals surface area contributed by atoms with Gasteiger partial charge in [0, 0.05) is 6.20 Å². The second kappa shape index (κ2) is 5.14. The zero-order chi connectivity index (χ0) is 14.3. The summed E-state index contributed by atoms with van der Waals surface area (Å²) < 4.78 is 15.9. The van der Waals surface area contributed by atoms with Gasteiger partial charge in [-0.1, -0.05) is 0 Å². The second-order valence-electron chi connectivity index (χ2n) is 4.45. The van der Waals surface area contributed by atoms with E-state index >= 15 is 0 Å². The molecule has 0 unspecified atom stereocenters. The van der Waals surface area contributed by atoms with Crippen molar-refractivity contribution >= 4 is 38.7 Å². The predicted molar refractivity (Wildman–Crippen MR) is 80.8 cm³/mol. The molecule has 1 aromatic carbocycles. The number of fused-ring (bicyclic) bond motifs is 1. The monoisotopic (exact) mass is 353 g/mol.